The van der Waals surface area contributed by atoms with Gasteiger partial charge in [-0.15, -0.1) is 0 Å². The van der Waals surface area contributed by atoms with Gasteiger partial charge in [-0.2, -0.15) is 0 Å². The van der Waals surface area contributed by atoms with Crippen molar-refractivity contribution in [3.8, 4) is 17.2 Å². The zero-order chi connectivity index (χ0) is 15.8. The lowest BCUT2D eigenvalue weighted by atomic mass is 10.2. The number of carbonyl (C=O) groups is 1. The van der Waals surface area contributed by atoms with Crippen LogP contribution >= 0.6 is 0 Å². The van der Waals surface area contributed by atoms with E-state index in [0.717, 1.165) is 0 Å². The van der Waals surface area contributed by atoms with E-state index in [9.17, 15) is 4.79 Å². The Bertz CT molecular complexity index is 441. The molecule has 1 unspecified atom stereocenters. The summed E-state index contributed by atoms with van der Waals surface area (Å²) in [6.45, 7) is 4.29. The minimum absolute atomic E-state index is 0.180. The van der Waals surface area contributed by atoms with Crippen molar-refractivity contribution in [3.63, 3.8) is 0 Å². The lowest BCUT2D eigenvalue weighted by Gasteiger charge is -2.18. The molecule has 0 aliphatic carbocycles. The number of hydrogen-bond acceptors (Lipinski definition) is 5. The van der Waals surface area contributed by atoms with E-state index < -0.39 is 6.04 Å². The van der Waals surface area contributed by atoms with Crippen LogP contribution in [-0.4, -0.2) is 38.8 Å². The van der Waals surface area contributed by atoms with Gasteiger partial charge in [0.2, 0.25) is 5.91 Å². The number of benzene rings is 1. The second-order valence-electron chi connectivity index (χ2n) is 4.96. The normalized spacial score (nSPS) is 12.0. The van der Waals surface area contributed by atoms with Gasteiger partial charge in [-0.05, 0) is 0 Å². The van der Waals surface area contributed by atoms with Crippen molar-refractivity contribution in [2.45, 2.75) is 32.4 Å². The predicted octanol–water partition coefficient (Wildman–Crippen LogP) is 1.32. The van der Waals surface area contributed by atoms with Gasteiger partial charge >= 0.3 is 0 Å². The number of rotatable bonds is 9. The molecule has 3 N–H and O–H groups in total. The van der Waals surface area contributed by atoms with Gasteiger partial charge in [-0.25, -0.2) is 0 Å². The Labute approximate surface area is 125 Å². The molecular weight excluding hydrogens is 272 g/mol. The van der Waals surface area contributed by atoms with Crippen molar-refractivity contribution in [3.05, 3.63) is 18.2 Å². The van der Waals surface area contributed by atoms with Crippen molar-refractivity contribution in [1.29, 1.82) is 0 Å². The van der Waals surface area contributed by atoms with E-state index in [1.165, 1.54) is 0 Å². The molecule has 0 aromatic heterocycles. The molecule has 0 saturated heterocycles. The summed E-state index contributed by atoms with van der Waals surface area (Å²) in [7, 11) is 3.16. The maximum absolute atomic E-state index is 11.3. The first-order valence-corrected chi connectivity index (χ1v) is 6.87. The van der Waals surface area contributed by atoms with Crippen LogP contribution in [0.15, 0.2) is 18.2 Å². The number of amides is 1. The van der Waals surface area contributed by atoms with Gasteiger partial charge in [-0.1, -0.05) is 13.8 Å². The van der Waals surface area contributed by atoms with Crippen LogP contribution in [0.25, 0.3) is 0 Å². The number of nitrogens with one attached hydrogen (secondary N) is 1. The number of methoxy groups -OCH3 is 2. The van der Waals surface area contributed by atoms with Gasteiger partial charge in [-0.3, -0.25) is 4.79 Å². The Morgan fingerprint density at radius 2 is 1.67 bits per heavy atom. The van der Waals surface area contributed by atoms with Crippen LogP contribution in [0.3, 0.4) is 0 Å². The van der Waals surface area contributed by atoms with Crippen molar-refractivity contribution >= 4 is 5.91 Å². The Balaban J connectivity index is 2.59. The molecule has 0 radical (unpaired) electrons. The third kappa shape index (κ3) is 5.91. The van der Waals surface area contributed by atoms with E-state index in [1.807, 2.05) is 13.8 Å². The summed E-state index contributed by atoms with van der Waals surface area (Å²) in [6, 6.07) is 5.06. The number of nitrogens with two attached hydrogens (primary N) is 1. The van der Waals surface area contributed by atoms with Crippen LogP contribution in [0.2, 0.25) is 0 Å². The molecule has 0 saturated carbocycles. The lowest BCUT2D eigenvalue weighted by molar-refractivity contribution is -0.120. The van der Waals surface area contributed by atoms with Crippen molar-refractivity contribution in [2.24, 2.45) is 5.73 Å². The van der Waals surface area contributed by atoms with Crippen molar-refractivity contribution in [2.75, 3.05) is 20.8 Å². The molecule has 1 aromatic carbocycles. The number of carbonyl (C=O) groups excluding carboxylic acids is 1. The Morgan fingerprint density at radius 3 is 2.10 bits per heavy atom. The third-order valence-electron chi connectivity index (χ3n) is 2.88. The Hall–Kier alpha value is -1.95. The molecule has 1 amide bonds. The first-order chi connectivity index (χ1) is 9.96. The molecule has 0 aliphatic rings. The van der Waals surface area contributed by atoms with E-state index >= 15 is 0 Å². The summed E-state index contributed by atoms with van der Waals surface area (Å²) in [4.78, 5) is 11.3. The average molecular weight is 296 g/mol. The molecule has 6 heteroatoms. The third-order valence-corrected chi connectivity index (χ3v) is 2.88. The van der Waals surface area contributed by atoms with Gasteiger partial charge in [0.05, 0.1) is 26.9 Å². The van der Waals surface area contributed by atoms with Gasteiger partial charge in [0.1, 0.15) is 17.2 Å². The maximum Gasteiger partial charge on any atom is 0.234 e. The van der Waals surface area contributed by atoms with Crippen LogP contribution in [-0.2, 0) is 4.79 Å². The van der Waals surface area contributed by atoms with Crippen LogP contribution in [0.4, 0.5) is 0 Å². The number of primary amides is 1. The highest BCUT2D eigenvalue weighted by molar-refractivity contribution is 5.79. The zero-order valence-electron chi connectivity index (χ0n) is 13.0. The quantitative estimate of drug-likeness (QED) is 0.718. The number of ether oxygens (including phenoxy) is 3. The van der Waals surface area contributed by atoms with Gasteiger partial charge in [0, 0.05) is 30.7 Å². The first-order valence-electron chi connectivity index (χ1n) is 6.87. The highest BCUT2D eigenvalue weighted by Gasteiger charge is 2.16. The summed E-state index contributed by atoms with van der Waals surface area (Å²) in [5.41, 5.74) is 5.36. The standard InChI is InChI=1S/C15H24N2O4/c1-10(2)17-14(15(16)18)5-6-21-13-8-11(19-3)7-12(9-13)20-4/h7-10,14,17H,5-6H2,1-4H3,(H2,16,18). The van der Waals surface area contributed by atoms with Gasteiger partial charge in [0.25, 0.3) is 0 Å². The molecule has 6 nitrogen and oxygen atoms in total. The summed E-state index contributed by atoms with van der Waals surface area (Å²) in [5.74, 6) is 1.54. The fourth-order valence-corrected chi connectivity index (χ4v) is 1.87. The molecule has 0 spiro atoms. The Morgan fingerprint density at radius 1 is 1.14 bits per heavy atom. The minimum atomic E-state index is -0.405. The Kier molecular flexibility index (Phi) is 6.81. The molecule has 0 aliphatic heterocycles. The monoisotopic (exact) mass is 296 g/mol. The van der Waals surface area contributed by atoms with Crippen molar-refractivity contribution < 1.29 is 19.0 Å². The fraction of sp³-hybridized carbons (Fsp3) is 0.533. The van der Waals surface area contributed by atoms with E-state index in [0.29, 0.717) is 30.3 Å². The molecule has 0 bridgehead atoms. The SMILES string of the molecule is COc1cc(OC)cc(OCCC(NC(C)C)C(N)=O)c1. The molecule has 118 valence electrons. The minimum Gasteiger partial charge on any atom is -0.496 e. The predicted molar refractivity (Wildman–Crippen MR) is 80.9 cm³/mol. The van der Waals surface area contributed by atoms with E-state index in [4.69, 9.17) is 19.9 Å². The van der Waals surface area contributed by atoms with Crippen LogP contribution in [0.5, 0.6) is 17.2 Å². The molecule has 0 fully saturated rings. The molecule has 1 aromatic rings. The second kappa shape index (κ2) is 8.36. The van der Waals surface area contributed by atoms with Crippen LogP contribution in [0.1, 0.15) is 20.3 Å². The molecule has 21 heavy (non-hydrogen) atoms. The summed E-state index contributed by atoms with van der Waals surface area (Å²) < 4.78 is 16.0. The zero-order valence-corrected chi connectivity index (χ0v) is 13.0. The topological polar surface area (TPSA) is 82.8 Å². The van der Waals surface area contributed by atoms with Crippen LogP contribution < -0.4 is 25.3 Å². The molecule has 1 rings (SSSR count). The van der Waals surface area contributed by atoms with Crippen LogP contribution in [0, 0.1) is 0 Å². The highest BCUT2D eigenvalue weighted by atomic mass is 16.5. The van der Waals surface area contributed by atoms with Gasteiger partial charge < -0.3 is 25.3 Å². The van der Waals surface area contributed by atoms with E-state index in [-0.39, 0.29) is 11.9 Å². The molecule has 1 atom stereocenters. The fourth-order valence-electron chi connectivity index (χ4n) is 1.87. The summed E-state index contributed by atoms with van der Waals surface area (Å²) in [5, 5.41) is 3.11. The van der Waals surface area contributed by atoms with E-state index in [1.54, 1.807) is 32.4 Å². The second-order valence-corrected chi connectivity index (χ2v) is 4.96. The smallest absolute Gasteiger partial charge is 0.234 e. The van der Waals surface area contributed by atoms with Crippen molar-refractivity contribution in [1.82, 2.24) is 5.32 Å². The highest BCUT2D eigenvalue weighted by Crippen LogP contribution is 2.27. The maximum atomic E-state index is 11.3. The van der Waals surface area contributed by atoms with E-state index in [2.05, 4.69) is 5.32 Å². The molecular formula is C15H24N2O4. The summed E-state index contributed by atoms with van der Waals surface area (Å²) in [6.07, 6.45) is 0.493. The average Bonchev–Trinajstić information content (AvgIpc) is 2.45. The van der Waals surface area contributed by atoms with Gasteiger partial charge in [0.15, 0.2) is 0 Å². The number of hydrogen-bond donors (Lipinski definition) is 2. The molecule has 0 heterocycles. The lowest BCUT2D eigenvalue weighted by Crippen LogP contribution is -2.45. The first kappa shape index (κ1) is 17.1. The largest absolute Gasteiger partial charge is 0.496 e. The summed E-state index contributed by atoms with van der Waals surface area (Å²) >= 11 is 0.